The fraction of sp³-hybridized carbons (Fsp3) is 0.500. The molecule has 1 heterocycles. The maximum absolute atomic E-state index is 9.02. The number of hydrogen-bond acceptors (Lipinski definition) is 4. The molecule has 0 saturated carbocycles. The standard InChI is InChI=1S/C10H17N3O/c1-3-8(6-14)13-10-9(11)5-4-7(2)12-10/h4-5,8,14H,3,6,11H2,1-2H3,(H,12,13). The van der Waals surface area contributed by atoms with E-state index in [1.807, 2.05) is 26.0 Å². The second-order valence-corrected chi connectivity index (χ2v) is 3.32. The van der Waals surface area contributed by atoms with E-state index in [4.69, 9.17) is 10.8 Å². The summed E-state index contributed by atoms with van der Waals surface area (Å²) < 4.78 is 0. The number of rotatable bonds is 4. The van der Waals surface area contributed by atoms with Crippen LogP contribution in [0.25, 0.3) is 0 Å². The summed E-state index contributed by atoms with van der Waals surface area (Å²) in [5, 5.41) is 12.1. The van der Waals surface area contributed by atoms with E-state index in [-0.39, 0.29) is 12.6 Å². The molecule has 0 aliphatic rings. The van der Waals surface area contributed by atoms with E-state index < -0.39 is 0 Å². The van der Waals surface area contributed by atoms with Crippen molar-refractivity contribution >= 4 is 11.5 Å². The van der Waals surface area contributed by atoms with Gasteiger partial charge in [0.2, 0.25) is 0 Å². The molecule has 1 atom stereocenters. The second kappa shape index (κ2) is 4.81. The molecule has 14 heavy (non-hydrogen) atoms. The van der Waals surface area contributed by atoms with Crippen molar-refractivity contribution in [1.82, 2.24) is 4.98 Å². The monoisotopic (exact) mass is 195 g/mol. The Bertz CT molecular complexity index is 297. The van der Waals surface area contributed by atoms with Crippen LogP contribution in [0.3, 0.4) is 0 Å². The number of pyridine rings is 1. The zero-order chi connectivity index (χ0) is 10.6. The van der Waals surface area contributed by atoms with Crippen molar-refractivity contribution in [3.8, 4) is 0 Å². The first-order chi connectivity index (χ1) is 6.67. The average Bonchev–Trinajstić information content (AvgIpc) is 2.19. The summed E-state index contributed by atoms with van der Waals surface area (Å²) in [7, 11) is 0. The normalized spacial score (nSPS) is 12.5. The molecule has 1 unspecified atom stereocenters. The summed E-state index contributed by atoms with van der Waals surface area (Å²) >= 11 is 0. The van der Waals surface area contributed by atoms with Crippen LogP contribution >= 0.6 is 0 Å². The molecule has 0 bridgehead atoms. The van der Waals surface area contributed by atoms with Crippen LogP contribution in [-0.2, 0) is 0 Å². The lowest BCUT2D eigenvalue weighted by atomic mass is 10.2. The van der Waals surface area contributed by atoms with Crippen LogP contribution in [0.5, 0.6) is 0 Å². The number of nitrogens with zero attached hydrogens (tertiary/aromatic N) is 1. The Morgan fingerprint density at radius 2 is 2.29 bits per heavy atom. The van der Waals surface area contributed by atoms with Crippen LogP contribution in [0.15, 0.2) is 12.1 Å². The van der Waals surface area contributed by atoms with Crippen LogP contribution in [0, 0.1) is 6.92 Å². The van der Waals surface area contributed by atoms with Gasteiger partial charge in [0.15, 0.2) is 0 Å². The molecule has 4 heteroatoms. The van der Waals surface area contributed by atoms with Gasteiger partial charge in [-0.15, -0.1) is 0 Å². The highest BCUT2D eigenvalue weighted by Crippen LogP contribution is 2.16. The summed E-state index contributed by atoms with van der Waals surface area (Å²) in [6.07, 6.45) is 0.839. The van der Waals surface area contributed by atoms with Crippen molar-refractivity contribution < 1.29 is 5.11 Å². The molecule has 0 amide bonds. The SMILES string of the molecule is CCC(CO)Nc1nc(C)ccc1N. The lowest BCUT2D eigenvalue weighted by molar-refractivity contribution is 0.271. The smallest absolute Gasteiger partial charge is 0.149 e. The number of nitrogens with two attached hydrogens (primary N) is 1. The first-order valence-corrected chi connectivity index (χ1v) is 4.78. The number of anilines is 2. The average molecular weight is 195 g/mol. The number of aryl methyl sites for hydroxylation is 1. The Labute approximate surface area is 84.2 Å². The third kappa shape index (κ3) is 2.60. The van der Waals surface area contributed by atoms with E-state index >= 15 is 0 Å². The van der Waals surface area contributed by atoms with Crippen molar-refractivity contribution in [3.63, 3.8) is 0 Å². The van der Waals surface area contributed by atoms with Crippen LogP contribution in [-0.4, -0.2) is 22.7 Å². The van der Waals surface area contributed by atoms with Gasteiger partial charge in [0.05, 0.1) is 18.3 Å². The van der Waals surface area contributed by atoms with E-state index in [0.29, 0.717) is 11.5 Å². The number of aromatic nitrogens is 1. The lowest BCUT2D eigenvalue weighted by Crippen LogP contribution is -2.24. The zero-order valence-electron chi connectivity index (χ0n) is 8.62. The van der Waals surface area contributed by atoms with E-state index in [1.165, 1.54) is 0 Å². The molecule has 0 saturated heterocycles. The molecule has 4 N–H and O–H groups in total. The van der Waals surface area contributed by atoms with Crippen LogP contribution in [0.1, 0.15) is 19.0 Å². The fourth-order valence-electron chi connectivity index (χ4n) is 1.15. The third-order valence-electron chi connectivity index (χ3n) is 2.12. The lowest BCUT2D eigenvalue weighted by Gasteiger charge is -2.16. The zero-order valence-corrected chi connectivity index (χ0v) is 8.62. The van der Waals surface area contributed by atoms with E-state index in [0.717, 1.165) is 12.1 Å². The van der Waals surface area contributed by atoms with E-state index in [2.05, 4.69) is 10.3 Å². The topological polar surface area (TPSA) is 71.2 Å². The Hall–Kier alpha value is -1.29. The van der Waals surface area contributed by atoms with Gasteiger partial charge in [-0.3, -0.25) is 0 Å². The molecule has 0 radical (unpaired) electrons. The highest BCUT2D eigenvalue weighted by molar-refractivity contribution is 5.61. The van der Waals surface area contributed by atoms with Gasteiger partial charge in [0.1, 0.15) is 5.82 Å². The Morgan fingerprint density at radius 3 is 2.86 bits per heavy atom. The van der Waals surface area contributed by atoms with Crippen molar-refractivity contribution in [3.05, 3.63) is 17.8 Å². The van der Waals surface area contributed by atoms with Crippen LogP contribution in [0.4, 0.5) is 11.5 Å². The molecule has 1 aromatic rings. The van der Waals surface area contributed by atoms with Gasteiger partial charge >= 0.3 is 0 Å². The molecular weight excluding hydrogens is 178 g/mol. The maximum atomic E-state index is 9.02. The quantitative estimate of drug-likeness (QED) is 0.674. The van der Waals surface area contributed by atoms with Crippen LogP contribution < -0.4 is 11.1 Å². The molecule has 0 spiro atoms. The summed E-state index contributed by atoms with van der Waals surface area (Å²) in [6, 6.07) is 3.70. The second-order valence-electron chi connectivity index (χ2n) is 3.32. The van der Waals surface area contributed by atoms with Crippen molar-refractivity contribution in [2.45, 2.75) is 26.3 Å². The molecule has 0 aliphatic heterocycles. The highest BCUT2D eigenvalue weighted by Gasteiger charge is 2.07. The largest absolute Gasteiger partial charge is 0.396 e. The molecule has 4 nitrogen and oxygen atoms in total. The minimum Gasteiger partial charge on any atom is -0.396 e. The first-order valence-electron chi connectivity index (χ1n) is 4.78. The van der Waals surface area contributed by atoms with Gasteiger partial charge in [-0.2, -0.15) is 0 Å². The Kier molecular flexibility index (Phi) is 3.71. The maximum Gasteiger partial charge on any atom is 0.149 e. The molecule has 78 valence electrons. The Balaban J connectivity index is 2.79. The van der Waals surface area contributed by atoms with E-state index in [9.17, 15) is 0 Å². The molecular formula is C10H17N3O. The molecule has 0 aromatic carbocycles. The molecule has 1 rings (SSSR count). The number of nitrogen functional groups attached to an aromatic ring is 1. The van der Waals surface area contributed by atoms with Gasteiger partial charge in [0, 0.05) is 5.69 Å². The minimum absolute atomic E-state index is 0.0200. The molecule has 1 aromatic heterocycles. The summed E-state index contributed by atoms with van der Waals surface area (Å²) in [4.78, 5) is 4.26. The van der Waals surface area contributed by atoms with E-state index in [1.54, 1.807) is 0 Å². The van der Waals surface area contributed by atoms with Crippen molar-refractivity contribution in [2.75, 3.05) is 17.7 Å². The van der Waals surface area contributed by atoms with Gasteiger partial charge in [-0.25, -0.2) is 4.98 Å². The van der Waals surface area contributed by atoms with Crippen molar-refractivity contribution in [2.24, 2.45) is 0 Å². The molecule has 0 fully saturated rings. The summed E-state index contributed by atoms with van der Waals surface area (Å²) in [6.45, 7) is 4.00. The predicted molar refractivity (Wildman–Crippen MR) is 58.2 cm³/mol. The highest BCUT2D eigenvalue weighted by atomic mass is 16.3. The van der Waals surface area contributed by atoms with Gasteiger partial charge in [-0.1, -0.05) is 6.92 Å². The summed E-state index contributed by atoms with van der Waals surface area (Å²) in [5.41, 5.74) is 7.27. The van der Waals surface area contributed by atoms with Crippen LogP contribution in [0.2, 0.25) is 0 Å². The summed E-state index contributed by atoms with van der Waals surface area (Å²) in [5.74, 6) is 0.658. The van der Waals surface area contributed by atoms with Crippen molar-refractivity contribution in [1.29, 1.82) is 0 Å². The van der Waals surface area contributed by atoms with Gasteiger partial charge in [-0.05, 0) is 25.5 Å². The molecule has 0 aliphatic carbocycles. The predicted octanol–water partition coefficient (Wildman–Crippen LogP) is 1.16. The number of hydrogen-bond donors (Lipinski definition) is 3. The third-order valence-corrected chi connectivity index (χ3v) is 2.12. The van der Waals surface area contributed by atoms with Gasteiger partial charge in [0.25, 0.3) is 0 Å². The minimum atomic E-state index is 0.0200. The number of aliphatic hydroxyl groups excluding tert-OH is 1. The first kappa shape index (κ1) is 10.8. The van der Waals surface area contributed by atoms with Gasteiger partial charge < -0.3 is 16.2 Å². The fourth-order valence-corrected chi connectivity index (χ4v) is 1.15. The number of aliphatic hydroxyl groups is 1. The number of nitrogens with one attached hydrogen (secondary N) is 1. The Morgan fingerprint density at radius 1 is 1.57 bits per heavy atom.